The molecule has 1 unspecified atom stereocenters. The van der Waals surface area contributed by atoms with E-state index in [0.717, 1.165) is 4.31 Å². The van der Waals surface area contributed by atoms with Crippen LogP contribution in [0.4, 0.5) is 13.3 Å². The van der Waals surface area contributed by atoms with Gasteiger partial charge in [0.05, 0.1) is 0 Å². The zero-order valence-electron chi connectivity index (χ0n) is 12.3. The summed E-state index contributed by atoms with van der Waals surface area (Å²) in [6.45, 7) is 3.70. The van der Waals surface area contributed by atoms with Gasteiger partial charge in [-0.25, -0.2) is 4.21 Å². The van der Waals surface area contributed by atoms with Crippen LogP contribution < -0.4 is 51.4 Å². The molecule has 0 aromatic carbocycles. The number of rotatable bonds is 10. The molecule has 6 nitrogen and oxygen atoms in total. The van der Waals surface area contributed by atoms with Gasteiger partial charge in [-0.1, -0.05) is 34.8 Å². The standard InChI is InChI=1S/C9H19F3N2O4S2.K/c1-3-5-7-14(8-6-4-2)20(16,17)13-19(15,18-12)9(10)11;/h9H,3-8H2,1-2H3;/q;+1. The summed E-state index contributed by atoms with van der Waals surface area (Å²) in [4.78, 5) is 0. The van der Waals surface area contributed by atoms with Crippen molar-refractivity contribution in [1.29, 1.82) is 0 Å². The SMILES string of the molecule is CCCCN(CCCC)S(=O)(=O)N=S(=O)(OF)C(F)F.[K+]. The maximum absolute atomic E-state index is 12.4. The van der Waals surface area contributed by atoms with E-state index in [-0.39, 0.29) is 64.5 Å². The first kappa shape index (κ1) is 24.5. The third-order valence-corrected chi connectivity index (χ3v) is 5.60. The van der Waals surface area contributed by atoms with E-state index in [9.17, 15) is 25.9 Å². The molecule has 0 fully saturated rings. The Morgan fingerprint density at radius 1 is 1.10 bits per heavy atom. The summed E-state index contributed by atoms with van der Waals surface area (Å²) in [6.07, 6.45) is 2.29. The predicted octanol–water partition coefficient (Wildman–Crippen LogP) is -0.356. The molecule has 0 aliphatic heterocycles. The minimum Gasteiger partial charge on any atom is -0.211 e. The molecule has 0 rings (SSSR count). The monoisotopic (exact) mass is 379 g/mol. The third kappa shape index (κ3) is 8.60. The van der Waals surface area contributed by atoms with E-state index in [2.05, 4.69) is 8.16 Å². The molecule has 0 aliphatic carbocycles. The summed E-state index contributed by atoms with van der Waals surface area (Å²) in [5.41, 5.74) is 0. The Morgan fingerprint density at radius 2 is 1.52 bits per heavy atom. The largest absolute Gasteiger partial charge is 1.00 e. The van der Waals surface area contributed by atoms with Crippen molar-refractivity contribution in [1.82, 2.24) is 4.31 Å². The second-order valence-electron chi connectivity index (χ2n) is 4.00. The van der Waals surface area contributed by atoms with Crippen LogP contribution in [0.15, 0.2) is 3.77 Å². The van der Waals surface area contributed by atoms with Crippen LogP contribution in [0, 0.1) is 0 Å². The quantitative estimate of drug-likeness (QED) is 0.486. The van der Waals surface area contributed by atoms with Crippen LogP contribution in [0.3, 0.4) is 0 Å². The van der Waals surface area contributed by atoms with Crippen molar-refractivity contribution in [2.24, 2.45) is 3.77 Å². The van der Waals surface area contributed by atoms with Crippen molar-refractivity contribution in [2.45, 2.75) is 45.3 Å². The molecular formula is C9H19F3KN2O4S2+. The number of halogens is 3. The van der Waals surface area contributed by atoms with E-state index in [1.807, 2.05) is 13.8 Å². The van der Waals surface area contributed by atoms with E-state index >= 15 is 0 Å². The molecule has 21 heavy (non-hydrogen) atoms. The summed E-state index contributed by atoms with van der Waals surface area (Å²) in [5.74, 6) is -3.86. The first-order chi connectivity index (χ1) is 9.23. The number of alkyl halides is 2. The summed E-state index contributed by atoms with van der Waals surface area (Å²) in [7, 11) is -9.84. The van der Waals surface area contributed by atoms with Crippen LogP contribution in [0.2, 0.25) is 0 Å². The van der Waals surface area contributed by atoms with Crippen molar-refractivity contribution < 1.29 is 81.7 Å². The second-order valence-corrected chi connectivity index (χ2v) is 7.52. The van der Waals surface area contributed by atoms with Crippen LogP contribution in [0.25, 0.3) is 0 Å². The van der Waals surface area contributed by atoms with Crippen molar-refractivity contribution in [2.75, 3.05) is 13.1 Å². The van der Waals surface area contributed by atoms with E-state index in [4.69, 9.17) is 0 Å². The topological polar surface area (TPSA) is 76.0 Å². The van der Waals surface area contributed by atoms with Crippen molar-refractivity contribution in [3.63, 3.8) is 0 Å². The average molecular weight is 379 g/mol. The molecule has 0 radical (unpaired) electrons. The number of hydrogen-bond acceptors (Lipinski definition) is 4. The van der Waals surface area contributed by atoms with E-state index in [1.165, 1.54) is 0 Å². The maximum atomic E-state index is 12.4. The Hall–Kier alpha value is 1.25. The van der Waals surface area contributed by atoms with Gasteiger partial charge in [0.15, 0.2) is 0 Å². The predicted molar refractivity (Wildman–Crippen MR) is 69.1 cm³/mol. The summed E-state index contributed by atoms with van der Waals surface area (Å²) in [6, 6.07) is 0. The molecule has 0 bridgehead atoms. The van der Waals surface area contributed by atoms with Gasteiger partial charge in [-0.3, -0.25) is 0 Å². The Bertz CT molecular complexity index is 487. The van der Waals surface area contributed by atoms with Crippen LogP contribution in [0.5, 0.6) is 0 Å². The van der Waals surface area contributed by atoms with Crippen molar-refractivity contribution >= 4 is 20.2 Å². The molecule has 0 aromatic heterocycles. The molecule has 0 amide bonds. The maximum Gasteiger partial charge on any atom is 1.00 e. The van der Waals surface area contributed by atoms with Gasteiger partial charge in [-0.15, -0.1) is 0 Å². The summed E-state index contributed by atoms with van der Waals surface area (Å²) < 4.78 is 77.4. The number of nitrogens with zero attached hydrogens (tertiary/aromatic N) is 2. The Balaban J connectivity index is 0. The fraction of sp³-hybridized carbons (Fsp3) is 1.00. The molecular weight excluding hydrogens is 360 g/mol. The molecule has 12 heteroatoms. The van der Waals surface area contributed by atoms with E-state index < -0.39 is 26.0 Å². The van der Waals surface area contributed by atoms with Gasteiger partial charge < -0.3 is 0 Å². The Kier molecular flexibility index (Phi) is 13.7. The Morgan fingerprint density at radius 3 is 1.81 bits per heavy atom. The smallest absolute Gasteiger partial charge is 0.211 e. The van der Waals surface area contributed by atoms with Crippen molar-refractivity contribution in [3.8, 4) is 0 Å². The first-order valence-corrected chi connectivity index (χ1v) is 8.99. The fourth-order valence-corrected chi connectivity index (χ4v) is 3.82. The molecule has 0 saturated carbocycles. The number of unbranched alkanes of at least 4 members (excludes halogenated alkanes) is 2. The van der Waals surface area contributed by atoms with Gasteiger partial charge in [0.2, 0.25) is 0 Å². The first-order valence-electron chi connectivity index (χ1n) is 6.09. The molecule has 0 saturated heterocycles. The zero-order chi connectivity index (χ0) is 15.8. The van der Waals surface area contributed by atoms with E-state index in [1.54, 1.807) is 0 Å². The van der Waals surface area contributed by atoms with Crippen LogP contribution in [-0.2, 0) is 24.6 Å². The normalized spacial score (nSPS) is 14.8. The van der Waals surface area contributed by atoms with Gasteiger partial charge in [-0.05, 0) is 17.4 Å². The minimum atomic E-state index is -5.20. The molecule has 0 N–H and O–H groups in total. The van der Waals surface area contributed by atoms with Gasteiger partial charge in [0, 0.05) is 13.1 Å². The summed E-state index contributed by atoms with van der Waals surface area (Å²) >= 11 is 0. The zero-order valence-corrected chi connectivity index (χ0v) is 17.1. The number of hydrogen-bond donors (Lipinski definition) is 0. The van der Waals surface area contributed by atoms with Gasteiger partial charge >= 0.3 is 67.4 Å². The van der Waals surface area contributed by atoms with Crippen molar-refractivity contribution in [3.05, 3.63) is 0 Å². The second kappa shape index (κ2) is 11.7. The molecule has 0 heterocycles. The molecule has 0 spiro atoms. The fourth-order valence-electron chi connectivity index (χ4n) is 1.26. The van der Waals surface area contributed by atoms with E-state index in [0.29, 0.717) is 25.7 Å². The minimum absolute atomic E-state index is 0. The molecule has 122 valence electrons. The van der Waals surface area contributed by atoms with Crippen LogP contribution in [0.1, 0.15) is 39.5 Å². The molecule has 1 atom stereocenters. The van der Waals surface area contributed by atoms with Crippen LogP contribution in [-0.4, -0.2) is 35.8 Å². The molecule has 0 aliphatic rings. The van der Waals surface area contributed by atoms with Gasteiger partial charge in [-0.2, -0.15) is 21.5 Å². The summed E-state index contributed by atoms with van der Waals surface area (Å²) in [5, 5.41) is 0. The van der Waals surface area contributed by atoms with Gasteiger partial charge in [0.1, 0.15) is 0 Å². The third-order valence-electron chi connectivity index (χ3n) is 2.36. The molecule has 0 aromatic rings. The van der Waals surface area contributed by atoms with Crippen LogP contribution >= 0.6 is 0 Å². The average Bonchev–Trinajstić information content (AvgIpc) is 2.37. The Labute approximate surface area is 166 Å². The van der Waals surface area contributed by atoms with Gasteiger partial charge in [0.25, 0.3) is 10.0 Å².